The largest absolute Gasteiger partial charge is 0.452 e. The predicted octanol–water partition coefficient (Wildman–Crippen LogP) is 2.34. The van der Waals surface area contributed by atoms with Gasteiger partial charge in [0.25, 0.3) is 5.91 Å². The Balaban J connectivity index is 1.95. The SMILES string of the molecule is NC(=O)CSc1ccccc1NC(=O)COC(=O)c1ccc(F)cc1F. The maximum absolute atomic E-state index is 13.5. The molecule has 0 bridgehead atoms. The molecule has 3 N–H and O–H groups in total. The number of hydrogen-bond donors (Lipinski definition) is 2. The van der Waals surface area contributed by atoms with E-state index in [0.29, 0.717) is 16.6 Å². The molecule has 0 aliphatic carbocycles. The van der Waals surface area contributed by atoms with Crippen LogP contribution in [0, 0.1) is 11.6 Å². The fourth-order valence-electron chi connectivity index (χ4n) is 1.89. The van der Waals surface area contributed by atoms with Crippen molar-refractivity contribution in [1.82, 2.24) is 0 Å². The third-order valence-electron chi connectivity index (χ3n) is 3.02. The Hall–Kier alpha value is -2.94. The van der Waals surface area contributed by atoms with E-state index in [9.17, 15) is 23.2 Å². The van der Waals surface area contributed by atoms with Gasteiger partial charge in [-0.1, -0.05) is 12.1 Å². The number of nitrogens with two attached hydrogens (primary N) is 1. The van der Waals surface area contributed by atoms with E-state index in [-0.39, 0.29) is 5.75 Å². The van der Waals surface area contributed by atoms with E-state index in [1.807, 2.05) is 0 Å². The van der Waals surface area contributed by atoms with Gasteiger partial charge in [0.05, 0.1) is 17.0 Å². The summed E-state index contributed by atoms with van der Waals surface area (Å²) < 4.78 is 31.1. The van der Waals surface area contributed by atoms with E-state index < -0.39 is 41.6 Å². The number of halogens is 2. The van der Waals surface area contributed by atoms with Gasteiger partial charge >= 0.3 is 5.97 Å². The molecule has 0 atom stereocenters. The lowest BCUT2D eigenvalue weighted by atomic mass is 10.2. The highest BCUT2D eigenvalue weighted by Crippen LogP contribution is 2.26. The van der Waals surface area contributed by atoms with Gasteiger partial charge in [0, 0.05) is 11.0 Å². The molecule has 0 unspecified atom stereocenters. The number of ether oxygens (including phenoxy) is 1. The minimum Gasteiger partial charge on any atom is -0.452 e. The van der Waals surface area contributed by atoms with Crippen LogP contribution in [0.1, 0.15) is 10.4 Å². The van der Waals surface area contributed by atoms with Gasteiger partial charge in [-0.2, -0.15) is 0 Å². The Morgan fingerprint density at radius 3 is 2.54 bits per heavy atom. The zero-order chi connectivity index (χ0) is 19.1. The van der Waals surface area contributed by atoms with Crippen molar-refractivity contribution in [3.63, 3.8) is 0 Å². The molecule has 2 aromatic carbocycles. The first-order chi connectivity index (χ1) is 12.4. The second-order valence-corrected chi connectivity index (χ2v) is 6.02. The predicted molar refractivity (Wildman–Crippen MR) is 91.6 cm³/mol. The number of hydrogen-bond acceptors (Lipinski definition) is 5. The molecule has 6 nitrogen and oxygen atoms in total. The molecule has 2 rings (SSSR count). The highest BCUT2D eigenvalue weighted by atomic mass is 32.2. The fraction of sp³-hybridized carbons (Fsp3) is 0.118. The van der Waals surface area contributed by atoms with Gasteiger partial charge in [0.1, 0.15) is 11.6 Å². The third-order valence-corrected chi connectivity index (χ3v) is 4.11. The first kappa shape index (κ1) is 19.4. The first-order valence-corrected chi connectivity index (χ1v) is 8.27. The second kappa shape index (κ2) is 8.95. The first-order valence-electron chi connectivity index (χ1n) is 7.29. The quantitative estimate of drug-likeness (QED) is 0.567. The summed E-state index contributed by atoms with van der Waals surface area (Å²) in [5, 5.41) is 2.52. The molecule has 0 radical (unpaired) electrons. The number of benzene rings is 2. The van der Waals surface area contributed by atoms with Crippen molar-refractivity contribution in [3.05, 3.63) is 59.7 Å². The van der Waals surface area contributed by atoms with Crippen LogP contribution in [0.25, 0.3) is 0 Å². The summed E-state index contributed by atoms with van der Waals surface area (Å²) >= 11 is 1.14. The van der Waals surface area contributed by atoms with Crippen LogP contribution < -0.4 is 11.1 Å². The Morgan fingerprint density at radius 1 is 1.12 bits per heavy atom. The minimum atomic E-state index is -1.09. The summed E-state index contributed by atoms with van der Waals surface area (Å²) in [6.07, 6.45) is 0. The molecular weight excluding hydrogens is 366 g/mol. The van der Waals surface area contributed by atoms with Crippen molar-refractivity contribution in [2.24, 2.45) is 5.73 Å². The van der Waals surface area contributed by atoms with Crippen LogP contribution in [0.3, 0.4) is 0 Å². The topological polar surface area (TPSA) is 98.5 Å². The smallest absolute Gasteiger partial charge is 0.341 e. The van der Waals surface area contributed by atoms with Gasteiger partial charge in [0.15, 0.2) is 6.61 Å². The van der Waals surface area contributed by atoms with E-state index in [2.05, 4.69) is 5.32 Å². The van der Waals surface area contributed by atoms with Crippen molar-refractivity contribution < 1.29 is 27.9 Å². The molecule has 26 heavy (non-hydrogen) atoms. The average molecular weight is 380 g/mol. The molecule has 0 saturated heterocycles. The van der Waals surface area contributed by atoms with Crippen LogP contribution in [0.15, 0.2) is 47.4 Å². The van der Waals surface area contributed by atoms with Gasteiger partial charge in [-0.3, -0.25) is 9.59 Å². The number of thioether (sulfide) groups is 1. The Morgan fingerprint density at radius 2 is 1.85 bits per heavy atom. The zero-order valence-corrected chi connectivity index (χ0v) is 14.1. The fourth-order valence-corrected chi connectivity index (χ4v) is 2.64. The van der Waals surface area contributed by atoms with Gasteiger partial charge in [0.2, 0.25) is 5.91 Å². The number of carbonyl (C=O) groups is 3. The van der Waals surface area contributed by atoms with Crippen LogP contribution in [0.5, 0.6) is 0 Å². The van der Waals surface area contributed by atoms with Crippen LogP contribution in [-0.2, 0) is 14.3 Å². The standard InChI is InChI=1S/C17H14F2N2O4S/c18-10-5-6-11(12(19)7-10)17(24)25-8-16(23)21-13-3-1-2-4-14(13)26-9-15(20)22/h1-7H,8-9H2,(H2,20,22)(H,21,23). The van der Waals surface area contributed by atoms with Gasteiger partial charge < -0.3 is 15.8 Å². The molecule has 2 amide bonds. The van der Waals surface area contributed by atoms with E-state index in [4.69, 9.17) is 10.5 Å². The van der Waals surface area contributed by atoms with Crippen LogP contribution in [0.2, 0.25) is 0 Å². The molecule has 136 valence electrons. The molecule has 0 fully saturated rings. The number of esters is 1. The lowest BCUT2D eigenvalue weighted by Gasteiger charge is -2.10. The van der Waals surface area contributed by atoms with Gasteiger partial charge in [-0.15, -0.1) is 11.8 Å². The lowest BCUT2D eigenvalue weighted by molar-refractivity contribution is -0.119. The number of rotatable bonds is 7. The molecule has 0 aromatic heterocycles. The minimum absolute atomic E-state index is 0.0334. The number of amides is 2. The number of para-hydroxylation sites is 1. The van der Waals surface area contributed by atoms with E-state index in [0.717, 1.165) is 23.9 Å². The average Bonchev–Trinajstić information content (AvgIpc) is 2.59. The highest BCUT2D eigenvalue weighted by Gasteiger charge is 2.16. The highest BCUT2D eigenvalue weighted by molar-refractivity contribution is 8.00. The Labute approximate surface area is 151 Å². The second-order valence-electron chi connectivity index (χ2n) is 5.00. The molecule has 9 heteroatoms. The zero-order valence-electron chi connectivity index (χ0n) is 13.3. The van der Waals surface area contributed by atoms with E-state index in [1.54, 1.807) is 24.3 Å². The van der Waals surface area contributed by atoms with Gasteiger partial charge in [-0.05, 0) is 24.3 Å². The lowest BCUT2D eigenvalue weighted by Crippen LogP contribution is -2.21. The van der Waals surface area contributed by atoms with Crippen molar-refractivity contribution in [2.45, 2.75) is 4.90 Å². The molecule has 0 aliphatic heterocycles. The van der Waals surface area contributed by atoms with Crippen LogP contribution >= 0.6 is 11.8 Å². The molecule has 2 aromatic rings. The van der Waals surface area contributed by atoms with Gasteiger partial charge in [-0.25, -0.2) is 13.6 Å². The summed E-state index contributed by atoms with van der Waals surface area (Å²) in [5.41, 5.74) is 5.03. The summed E-state index contributed by atoms with van der Waals surface area (Å²) in [5.74, 6) is -4.13. The molecule has 0 aliphatic rings. The van der Waals surface area contributed by atoms with Crippen LogP contribution in [-0.4, -0.2) is 30.1 Å². The molecular formula is C17H14F2N2O4S. The molecule has 0 saturated carbocycles. The normalized spacial score (nSPS) is 10.2. The number of nitrogens with one attached hydrogen (secondary N) is 1. The summed E-state index contributed by atoms with van der Waals surface area (Å²) in [7, 11) is 0. The van der Waals surface area contributed by atoms with Crippen molar-refractivity contribution >= 4 is 35.2 Å². The van der Waals surface area contributed by atoms with Crippen LogP contribution in [0.4, 0.5) is 14.5 Å². The Kier molecular flexibility index (Phi) is 6.67. The van der Waals surface area contributed by atoms with E-state index in [1.165, 1.54) is 0 Å². The monoisotopic (exact) mass is 380 g/mol. The third kappa shape index (κ3) is 5.55. The maximum atomic E-state index is 13.5. The van der Waals surface area contributed by atoms with E-state index >= 15 is 0 Å². The molecule has 0 spiro atoms. The van der Waals surface area contributed by atoms with Crippen molar-refractivity contribution in [2.75, 3.05) is 17.7 Å². The summed E-state index contributed by atoms with van der Waals surface area (Å²) in [6.45, 7) is -0.662. The Bertz CT molecular complexity index is 845. The molecule has 0 heterocycles. The number of anilines is 1. The van der Waals surface area contributed by atoms with Crippen molar-refractivity contribution in [1.29, 1.82) is 0 Å². The summed E-state index contributed by atoms with van der Waals surface area (Å²) in [4.78, 5) is 35.2. The summed E-state index contributed by atoms with van der Waals surface area (Å²) in [6, 6.07) is 9.06. The number of carbonyl (C=O) groups excluding carboxylic acids is 3. The number of primary amides is 1. The maximum Gasteiger partial charge on any atom is 0.341 e. The van der Waals surface area contributed by atoms with Crippen molar-refractivity contribution in [3.8, 4) is 0 Å².